The molecular formula is C7H13N2O. The Kier molecular flexibility index (Phi) is 2.83. The zero-order chi connectivity index (χ0) is 7.40. The molecule has 1 N–H and O–H groups in total. The molecule has 10 heavy (non-hydrogen) atoms. The third-order valence-electron chi connectivity index (χ3n) is 1.71. The Morgan fingerprint density at radius 3 is 3.10 bits per heavy atom. The lowest BCUT2D eigenvalue weighted by atomic mass is 10.1. The molecule has 0 spiro atoms. The Morgan fingerprint density at radius 2 is 2.60 bits per heavy atom. The lowest BCUT2D eigenvalue weighted by Crippen LogP contribution is -2.32. The number of nitrogens with one attached hydrogen (secondary N) is 1. The highest BCUT2D eigenvalue weighted by atomic mass is 16.1. The second-order valence-corrected chi connectivity index (χ2v) is 2.56. The van der Waals surface area contributed by atoms with Gasteiger partial charge in [-0.25, -0.2) is 5.32 Å². The summed E-state index contributed by atoms with van der Waals surface area (Å²) in [7, 11) is 1.78. The van der Waals surface area contributed by atoms with E-state index in [1.54, 1.807) is 7.05 Å². The highest BCUT2D eigenvalue weighted by molar-refractivity contribution is 5.86. The molecule has 1 aliphatic heterocycles. The van der Waals surface area contributed by atoms with Gasteiger partial charge in [0.2, 0.25) is 0 Å². The normalized spacial score (nSPS) is 25.1. The molecule has 1 heterocycles. The Bertz CT molecular complexity index is 119. The van der Waals surface area contributed by atoms with Gasteiger partial charge in [-0.2, -0.15) is 0 Å². The highest BCUT2D eigenvalue weighted by Gasteiger charge is 2.21. The van der Waals surface area contributed by atoms with Crippen molar-refractivity contribution in [3.8, 4) is 0 Å². The number of Topliss-reactive ketones (excluding diaryl/α,β-unsaturated/α-hetero) is 1. The first kappa shape index (κ1) is 7.69. The van der Waals surface area contributed by atoms with E-state index < -0.39 is 0 Å². The van der Waals surface area contributed by atoms with Crippen LogP contribution in [0.15, 0.2) is 0 Å². The van der Waals surface area contributed by atoms with Crippen LogP contribution in [0, 0.1) is 0 Å². The van der Waals surface area contributed by atoms with E-state index in [1.807, 2.05) is 0 Å². The number of ketones is 1. The van der Waals surface area contributed by atoms with E-state index in [1.165, 1.54) is 0 Å². The monoisotopic (exact) mass is 141 g/mol. The van der Waals surface area contributed by atoms with Crippen molar-refractivity contribution in [1.82, 2.24) is 10.6 Å². The largest absolute Gasteiger partial charge is 0.313 e. The number of likely N-dealkylation sites (N-methyl/N-ethyl adjacent to an activating group) is 1. The van der Waals surface area contributed by atoms with Gasteiger partial charge >= 0.3 is 0 Å². The standard InChI is InChI=1S/C7H13N2O/c1-8-5-7(10)6-3-2-4-9-6/h6,8H,2-5H2,1H3. The molecule has 1 unspecified atom stereocenters. The molecule has 57 valence electrons. The van der Waals surface area contributed by atoms with Gasteiger partial charge in [0, 0.05) is 6.54 Å². The molecule has 1 radical (unpaired) electrons. The van der Waals surface area contributed by atoms with Crippen LogP contribution in [-0.2, 0) is 4.79 Å². The molecule has 1 atom stereocenters. The molecule has 3 heteroatoms. The molecule has 0 amide bonds. The van der Waals surface area contributed by atoms with Gasteiger partial charge in [0.15, 0.2) is 5.78 Å². The van der Waals surface area contributed by atoms with Crippen LogP contribution in [0.25, 0.3) is 0 Å². The number of nitrogens with zero attached hydrogens (tertiary/aromatic N) is 1. The number of carbonyl (C=O) groups is 1. The maximum Gasteiger partial charge on any atom is 0.165 e. The summed E-state index contributed by atoms with van der Waals surface area (Å²) in [5, 5.41) is 7.00. The van der Waals surface area contributed by atoms with Crippen molar-refractivity contribution in [2.75, 3.05) is 20.1 Å². The topological polar surface area (TPSA) is 43.2 Å². The van der Waals surface area contributed by atoms with Crippen molar-refractivity contribution in [3.63, 3.8) is 0 Å². The Morgan fingerprint density at radius 1 is 1.80 bits per heavy atom. The van der Waals surface area contributed by atoms with E-state index in [9.17, 15) is 4.79 Å². The summed E-state index contributed by atoms with van der Waals surface area (Å²) in [6.07, 6.45) is 2.04. The van der Waals surface area contributed by atoms with E-state index in [4.69, 9.17) is 0 Å². The molecule has 1 saturated heterocycles. The molecule has 0 aromatic carbocycles. The maximum absolute atomic E-state index is 11.1. The van der Waals surface area contributed by atoms with Crippen LogP contribution in [0.3, 0.4) is 0 Å². The number of hydrogen-bond donors (Lipinski definition) is 1. The van der Waals surface area contributed by atoms with Crippen LogP contribution in [0.2, 0.25) is 0 Å². The van der Waals surface area contributed by atoms with E-state index in [2.05, 4.69) is 10.6 Å². The van der Waals surface area contributed by atoms with Crippen LogP contribution >= 0.6 is 0 Å². The van der Waals surface area contributed by atoms with Gasteiger partial charge in [-0.1, -0.05) is 0 Å². The molecule has 1 fully saturated rings. The van der Waals surface area contributed by atoms with Crippen molar-refractivity contribution in [2.24, 2.45) is 0 Å². The summed E-state index contributed by atoms with van der Waals surface area (Å²) in [4.78, 5) is 11.1. The van der Waals surface area contributed by atoms with Crippen molar-refractivity contribution in [2.45, 2.75) is 18.9 Å². The molecule has 0 bridgehead atoms. The first-order valence-corrected chi connectivity index (χ1v) is 3.68. The first-order chi connectivity index (χ1) is 4.84. The van der Waals surface area contributed by atoms with E-state index in [-0.39, 0.29) is 11.8 Å². The third-order valence-corrected chi connectivity index (χ3v) is 1.71. The zero-order valence-electron chi connectivity index (χ0n) is 6.26. The van der Waals surface area contributed by atoms with Crippen molar-refractivity contribution >= 4 is 5.78 Å². The van der Waals surface area contributed by atoms with Crippen LogP contribution in [0.4, 0.5) is 0 Å². The summed E-state index contributed by atoms with van der Waals surface area (Å²) in [6, 6.07) is 0.00690. The number of hydrogen-bond acceptors (Lipinski definition) is 2. The fourth-order valence-electron chi connectivity index (χ4n) is 1.18. The molecule has 0 aliphatic carbocycles. The minimum absolute atomic E-state index is 0.00690. The zero-order valence-corrected chi connectivity index (χ0v) is 6.26. The van der Waals surface area contributed by atoms with Crippen LogP contribution in [0.5, 0.6) is 0 Å². The SMILES string of the molecule is CNCC(=O)C1CCC[N]1. The van der Waals surface area contributed by atoms with E-state index in [0.717, 1.165) is 19.4 Å². The van der Waals surface area contributed by atoms with Gasteiger partial charge in [-0.05, 0) is 19.9 Å². The molecule has 1 rings (SSSR count). The average molecular weight is 141 g/mol. The highest BCUT2D eigenvalue weighted by Crippen LogP contribution is 2.06. The summed E-state index contributed by atoms with van der Waals surface area (Å²) in [5.41, 5.74) is 0. The van der Waals surface area contributed by atoms with Gasteiger partial charge in [-0.15, -0.1) is 0 Å². The van der Waals surface area contributed by atoms with Gasteiger partial charge in [0.1, 0.15) is 0 Å². The Balaban J connectivity index is 2.25. The first-order valence-electron chi connectivity index (χ1n) is 3.68. The quantitative estimate of drug-likeness (QED) is 0.578. The van der Waals surface area contributed by atoms with Crippen molar-refractivity contribution in [3.05, 3.63) is 0 Å². The predicted octanol–water partition coefficient (Wildman–Crippen LogP) is -0.458. The number of carbonyl (C=O) groups excluding carboxylic acids is 1. The maximum atomic E-state index is 11.1. The van der Waals surface area contributed by atoms with E-state index >= 15 is 0 Å². The molecule has 0 aromatic rings. The smallest absolute Gasteiger partial charge is 0.165 e. The fraction of sp³-hybridized carbons (Fsp3) is 0.857. The number of rotatable bonds is 3. The summed E-state index contributed by atoms with van der Waals surface area (Å²) in [5.74, 6) is 0.236. The lowest BCUT2D eigenvalue weighted by Gasteiger charge is -2.05. The second kappa shape index (κ2) is 3.68. The minimum atomic E-state index is 0.00690. The Hall–Kier alpha value is -0.410. The van der Waals surface area contributed by atoms with Gasteiger partial charge in [0.25, 0.3) is 0 Å². The Labute approximate surface area is 61.2 Å². The third kappa shape index (κ3) is 1.78. The summed E-state index contributed by atoms with van der Waals surface area (Å²) >= 11 is 0. The summed E-state index contributed by atoms with van der Waals surface area (Å²) < 4.78 is 0. The van der Waals surface area contributed by atoms with Gasteiger partial charge in [0.05, 0.1) is 12.6 Å². The van der Waals surface area contributed by atoms with Crippen molar-refractivity contribution < 1.29 is 4.79 Å². The van der Waals surface area contributed by atoms with Gasteiger partial charge in [-0.3, -0.25) is 4.79 Å². The minimum Gasteiger partial charge on any atom is -0.313 e. The van der Waals surface area contributed by atoms with Crippen LogP contribution in [-0.4, -0.2) is 32.0 Å². The van der Waals surface area contributed by atoms with Crippen LogP contribution in [0.1, 0.15) is 12.8 Å². The van der Waals surface area contributed by atoms with Crippen LogP contribution < -0.4 is 10.6 Å². The fourth-order valence-corrected chi connectivity index (χ4v) is 1.18. The van der Waals surface area contributed by atoms with E-state index in [0.29, 0.717) is 6.54 Å². The average Bonchev–Trinajstić information content (AvgIpc) is 2.38. The van der Waals surface area contributed by atoms with Gasteiger partial charge < -0.3 is 5.32 Å². The molecule has 3 nitrogen and oxygen atoms in total. The molecule has 1 aliphatic rings. The second-order valence-electron chi connectivity index (χ2n) is 2.56. The van der Waals surface area contributed by atoms with Crippen molar-refractivity contribution in [1.29, 1.82) is 0 Å². The lowest BCUT2D eigenvalue weighted by molar-refractivity contribution is -0.119. The molecule has 0 aromatic heterocycles. The predicted molar refractivity (Wildman–Crippen MR) is 39.0 cm³/mol. The summed E-state index contributed by atoms with van der Waals surface area (Å²) in [6.45, 7) is 1.34. The molecular weight excluding hydrogens is 128 g/mol. The molecule has 0 saturated carbocycles.